The molecular weight excluding hydrogens is 202 g/mol. The van der Waals surface area contributed by atoms with E-state index in [9.17, 15) is 5.11 Å². The van der Waals surface area contributed by atoms with Gasteiger partial charge in [-0.2, -0.15) is 0 Å². The fourth-order valence-corrected chi connectivity index (χ4v) is 2.58. The molecule has 2 heterocycles. The zero-order valence-corrected chi connectivity index (χ0v) is 9.33. The van der Waals surface area contributed by atoms with Crippen molar-refractivity contribution in [3.63, 3.8) is 0 Å². The van der Waals surface area contributed by atoms with Crippen LogP contribution >= 0.6 is 0 Å². The van der Waals surface area contributed by atoms with Crippen LogP contribution in [0.1, 0.15) is 29.5 Å². The molecule has 1 aromatic carbocycles. The molecule has 16 heavy (non-hydrogen) atoms. The van der Waals surface area contributed by atoms with E-state index in [-0.39, 0.29) is 0 Å². The first-order valence-electron chi connectivity index (χ1n) is 5.91. The summed E-state index contributed by atoms with van der Waals surface area (Å²) < 4.78 is 5.31. The molecule has 3 nitrogen and oxygen atoms in total. The fourth-order valence-electron chi connectivity index (χ4n) is 2.58. The molecule has 0 aliphatic carbocycles. The summed E-state index contributed by atoms with van der Waals surface area (Å²) in [6.45, 7) is 3.20. The molecular formula is C13H17NO2. The Morgan fingerprint density at radius 1 is 1.12 bits per heavy atom. The van der Waals surface area contributed by atoms with Gasteiger partial charge in [-0.3, -0.25) is 0 Å². The zero-order chi connectivity index (χ0) is 11.0. The van der Waals surface area contributed by atoms with Crippen molar-refractivity contribution >= 4 is 0 Å². The van der Waals surface area contributed by atoms with Crippen molar-refractivity contribution in [3.05, 3.63) is 34.9 Å². The summed E-state index contributed by atoms with van der Waals surface area (Å²) in [6, 6.07) is 6.36. The first-order chi connectivity index (χ1) is 7.78. The van der Waals surface area contributed by atoms with Gasteiger partial charge in [-0.15, -0.1) is 0 Å². The first-order valence-corrected chi connectivity index (χ1v) is 5.91. The summed E-state index contributed by atoms with van der Waals surface area (Å²) in [7, 11) is 0. The van der Waals surface area contributed by atoms with Crippen LogP contribution in [0.3, 0.4) is 0 Å². The van der Waals surface area contributed by atoms with Crippen molar-refractivity contribution in [1.82, 2.24) is 5.32 Å². The quantitative estimate of drug-likeness (QED) is 0.748. The van der Waals surface area contributed by atoms with E-state index in [4.69, 9.17) is 4.74 Å². The Morgan fingerprint density at radius 2 is 1.88 bits per heavy atom. The molecule has 2 N–H and O–H groups in total. The van der Waals surface area contributed by atoms with E-state index in [1.165, 1.54) is 11.1 Å². The van der Waals surface area contributed by atoms with E-state index < -0.39 is 5.60 Å². The summed E-state index contributed by atoms with van der Waals surface area (Å²) >= 11 is 0. The molecule has 0 aromatic heterocycles. The Kier molecular flexibility index (Phi) is 2.46. The van der Waals surface area contributed by atoms with Crippen molar-refractivity contribution in [3.8, 4) is 0 Å². The minimum absolute atomic E-state index is 0.659. The third kappa shape index (κ3) is 1.65. The lowest BCUT2D eigenvalue weighted by Gasteiger charge is -2.32. The first kappa shape index (κ1) is 10.3. The van der Waals surface area contributed by atoms with Gasteiger partial charge in [-0.05, 0) is 16.7 Å². The highest BCUT2D eigenvalue weighted by atomic mass is 16.5. The summed E-state index contributed by atoms with van der Waals surface area (Å²) in [5, 5.41) is 13.9. The van der Waals surface area contributed by atoms with Gasteiger partial charge in [0.05, 0.1) is 5.60 Å². The monoisotopic (exact) mass is 219 g/mol. The lowest BCUT2D eigenvalue weighted by molar-refractivity contribution is -0.0679. The van der Waals surface area contributed by atoms with Crippen molar-refractivity contribution in [2.45, 2.75) is 31.5 Å². The maximum Gasteiger partial charge on any atom is 0.0940 e. The largest absolute Gasteiger partial charge is 0.385 e. The molecule has 3 rings (SSSR count). The van der Waals surface area contributed by atoms with Crippen LogP contribution in [-0.2, 0) is 23.4 Å². The van der Waals surface area contributed by atoms with Gasteiger partial charge >= 0.3 is 0 Å². The molecule has 2 aliphatic rings. The molecule has 1 fully saturated rings. The summed E-state index contributed by atoms with van der Waals surface area (Å²) in [4.78, 5) is 0. The number of nitrogens with one attached hydrogen (secondary N) is 1. The molecule has 0 bridgehead atoms. The van der Waals surface area contributed by atoms with Gasteiger partial charge in [0.15, 0.2) is 0 Å². The Hall–Kier alpha value is -0.900. The maximum atomic E-state index is 10.6. The molecule has 0 radical (unpaired) electrons. The number of fused-ring (bicyclic) bond motifs is 1. The molecule has 86 valence electrons. The van der Waals surface area contributed by atoms with Crippen LogP contribution < -0.4 is 5.32 Å². The number of rotatable bonds is 1. The normalized spacial score (nSPS) is 23.1. The number of hydrogen-bond donors (Lipinski definition) is 2. The Balaban J connectivity index is 1.93. The maximum absolute atomic E-state index is 10.6. The molecule has 0 unspecified atom stereocenters. The molecule has 0 spiro atoms. The van der Waals surface area contributed by atoms with Crippen molar-refractivity contribution in [2.75, 3.05) is 13.2 Å². The highest BCUT2D eigenvalue weighted by molar-refractivity contribution is 5.37. The van der Waals surface area contributed by atoms with E-state index in [2.05, 4.69) is 23.5 Å². The Bertz CT molecular complexity index is 397. The average Bonchev–Trinajstić information content (AvgIpc) is 2.77. The number of benzene rings is 1. The van der Waals surface area contributed by atoms with Crippen LogP contribution in [0.2, 0.25) is 0 Å². The zero-order valence-electron chi connectivity index (χ0n) is 9.33. The predicted molar refractivity (Wildman–Crippen MR) is 60.9 cm³/mol. The third-order valence-corrected chi connectivity index (χ3v) is 3.69. The van der Waals surface area contributed by atoms with Gasteiger partial charge in [0.1, 0.15) is 0 Å². The van der Waals surface area contributed by atoms with E-state index in [1.54, 1.807) is 0 Å². The van der Waals surface area contributed by atoms with Crippen LogP contribution in [0, 0.1) is 0 Å². The van der Waals surface area contributed by atoms with Gasteiger partial charge in [-0.25, -0.2) is 0 Å². The van der Waals surface area contributed by atoms with Crippen LogP contribution in [0.25, 0.3) is 0 Å². The highest BCUT2D eigenvalue weighted by Gasteiger charge is 2.32. The minimum atomic E-state index is -0.671. The van der Waals surface area contributed by atoms with E-state index >= 15 is 0 Å². The lowest BCUT2D eigenvalue weighted by atomic mass is 9.85. The smallest absolute Gasteiger partial charge is 0.0940 e. The van der Waals surface area contributed by atoms with Gasteiger partial charge in [0.2, 0.25) is 0 Å². The van der Waals surface area contributed by atoms with Gasteiger partial charge in [0.25, 0.3) is 0 Å². The van der Waals surface area contributed by atoms with Gasteiger partial charge in [-0.1, -0.05) is 18.2 Å². The molecule has 1 aromatic rings. The topological polar surface area (TPSA) is 41.5 Å². The van der Waals surface area contributed by atoms with Crippen LogP contribution in [0.4, 0.5) is 0 Å². The molecule has 0 amide bonds. The highest BCUT2D eigenvalue weighted by Crippen LogP contribution is 2.33. The summed E-state index contributed by atoms with van der Waals surface area (Å²) in [5.74, 6) is 0. The standard InChI is InChI=1S/C13H17NO2/c15-13(3-5-16-6-4-13)12-2-1-10-8-14-9-11(10)7-12/h1-2,7,14-15H,3-6,8-9H2. The van der Waals surface area contributed by atoms with Crippen molar-refractivity contribution in [1.29, 1.82) is 0 Å². The van der Waals surface area contributed by atoms with Crippen LogP contribution in [0.15, 0.2) is 18.2 Å². The SMILES string of the molecule is OC1(c2ccc3c(c2)CNC3)CCOCC1. The Morgan fingerprint density at radius 3 is 2.69 bits per heavy atom. The number of ether oxygens (including phenoxy) is 1. The Labute approximate surface area is 95.4 Å². The summed E-state index contributed by atoms with van der Waals surface area (Å²) in [5.41, 5.74) is 3.07. The molecule has 1 saturated heterocycles. The average molecular weight is 219 g/mol. The van der Waals surface area contributed by atoms with Crippen LogP contribution in [-0.4, -0.2) is 18.3 Å². The van der Waals surface area contributed by atoms with Crippen LogP contribution in [0.5, 0.6) is 0 Å². The molecule has 3 heteroatoms. The number of aliphatic hydroxyl groups is 1. The van der Waals surface area contributed by atoms with Gasteiger partial charge < -0.3 is 15.2 Å². The van der Waals surface area contributed by atoms with Gasteiger partial charge in [0, 0.05) is 39.1 Å². The predicted octanol–water partition coefficient (Wildman–Crippen LogP) is 1.29. The molecule has 0 atom stereocenters. The second-order valence-electron chi connectivity index (χ2n) is 4.73. The molecule has 2 aliphatic heterocycles. The van der Waals surface area contributed by atoms with Crippen molar-refractivity contribution in [2.24, 2.45) is 0 Å². The number of hydrogen-bond acceptors (Lipinski definition) is 3. The third-order valence-electron chi connectivity index (χ3n) is 3.69. The second-order valence-corrected chi connectivity index (χ2v) is 4.73. The second kappa shape index (κ2) is 3.84. The fraction of sp³-hybridized carbons (Fsp3) is 0.538. The minimum Gasteiger partial charge on any atom is -0.385 e. The lowest BCUT2D eigenvalue weighted by Crippen LogP contribution is -2.33. The van der Waals surface area contributed by atoms with E-state index in [0.717, 1.165) is 18.7 Å². The molecule has 0 saturated carbocycles. The summed E-state index contributed by atoms with van der Waals surface area (Å²) in [6.07, 6.45) is 1.42. The van der Waals surface area contributed by atoms with E-state index in [1.807, 2.05) is 0 Å². The van der Waals surface area contributed by atoms with E-state index in [0.29, 0.717) is 26.1 Å². The van der Waals surface area contributed by atoms with Crippen molar-refractivity contribution < 1.29 is 9.84 Å².